The molecule has 0 N–H and O–H groups in total. The Hall–Kier alpha value is 0.840. The Morgan fingerprint density at radius 2 is 1.03 bits per heavy atom. The SMILES string of the molecule is CCCCCCCCCCCCCCCCOS(=O)(=O)OS(=O)(=O)Oc1ccccc1.[NaH].[NaH]. The van der Waals surface area contributed by atoms with Crippen molar-refractivity contribution in [2.75, 3.05) is 6.61 Å². The van der Waals surface area contributed by atoms with Crippen LogP contribution in [0.4, 0.5) is 0 Å². The molecule has 0 unspecified atom stereocenters. The van der Waals surface area contributed by atoms with Gasteiger partial charge in [0.2, 0.25) is 0 Å². The molecule has 11 heteroatoms. The van der Waals surface area contributed by atoms with Crippen LogP contribution in [-0.2, 0) is 28.6 Å². The zero-order chi connectivity index (χ0) is 22.8. The standard InChI is InChI=1S/C22H38O7S2.2Na.2H/c1-2-3-4-5-6-7-8-9-10-11-12-13-14-18-21-27-30(23,24)29-31(25,26)28-22-19-16-15-17-20-22;;;;/h15-17,19-20H,2-14,18,21H2,1H3;;;;. The number of para-hydroxylation sites is 1. The van der Waals surface area contributed by atoms with E-state index in [9.17, 15) is 16.8 Å². The summed E-state index contributed by atoms with van der Waals surface area (Å²) in [5.74, 6) is -0.0512. The molecule has 0 aromatic heterocycles. The van der Waals surface area contributed by atoms with Crippen molar-refractivity contribution in [2.45, 2.75) is 96.8 Å². The van der Waals surface area contributed by atoms with Crippen molar-refractivity contribution in [1.29, 1.82) is 0 Å². The first-order valence-electron chi connectivity index (χ1n) is 11.4. The molecule has 0 saturated heterocycles. The number of rotatable bonds is 20. The molecule has 0 saturated carbocycles. The second-order valence-corrected chi connectivity index (χ2v) is 10.3. The summed E-state index contributed by atoms with van der Waals surface area (Å²) in [5.41, 5.74) is 0. The molecule has 0 aliphatic rings. The predicted octanol–water partition coefficient (Wildman–Crippen LogP) is 4.77. The Kier molecular flexibility index (Phi) is 24.1. The molecule has 7 nitrogen and oxygen atoms in total. The fourth-order valence-corrected chi connectivity index (χ4v) is 4.94. The van der Waals surface area contributed by atoms with Crippen LogP contribution in [0.2, 0.25) is 0 Å². The minimum atomic E-state index is -4.78. The van der Waals surface area contributed by atoms with Crippen LogP contribution in [0.5, 0.6) is 5.75 Å². The van der Waals surface area contributed by atoms with E-state index >= 15 is 0 Å². The van der Waals surface area contributed by atoms with Crippen molar-refractivity contribution >= 4 is 79.9 Å². The summed E-state index contributed by atoms with van der Waals surface area (Å²) in [7, 11) is -9.47. The molecule has 0 spiro atoms. The van der Waals surface area contributed by atoms with Gasteiger partial charge in [0.05, 0.1) is 6.61 Å². The molecule has 0 atom stereocenters. The van der Waals surface area contributed by atoms with E-state index in [0.29, 0.717) is 6.42 Å². The van der Waals surface area contributed by atoms with Gasteiger partial charge in [-0.1, -0.05) is 112 Å². The van der Waals surface area contributed by atoms with Crippen molar-refractivity contribution in [1.82, 2.24) is 0 Å². The Labute approximate surface area is 246 Å². The van der Waals surface area contributed by atoms with E-state index in [0.717, 1.165) is 19.3 Å². The fraction of sp³-hybridized carbons (Fsp3) is 0.727. The molecule has 0 radical (unpaired) electrons. The first-order chi connectivity index (χ1) is 14.8. The maximum absolute atomic E-state index is 11.7. The van der Waals surface area contributed by atoms with E-state index in [1.165, 1.54) is 76.3 Å². The van der Waals surface area contributed by atoms with E-state index in [4.69, 9.17) is 0 Å². The summed E-state index contributed by atoms with van der Waals surface area (Å²) in [4.78, 5) is 0. The molecule has 33 heavy (non-hydrogen) atoms. The van der Waals surface area contributed by atoms with E-state index in [1.807, 2.05) is 0 Å². The molecular weight excluding hydrogens is 486 g/mol. The first kappa shape index (κ1) is 36.0. The van der Waals surface area contributed by atoms with Crippen LogP contribution >= 0.6 is 0 Å². The molecule has 1 aromatic carbocycles. The maximum atomic E-state index is 11.7. The van der Waals surface area contributed by atoms with Gasteiger partial charge in [0.25, 0.3) is 0 Å². The summed E-state index contributed by atoms with van der Waals surface area (Å²) < 4.78 is 59.9. The number of hydrogen-bond acceptors (Lipinski definition) is 7. The average molecular weight is 527 g/mol. The second kappa shape index (κ2) is 22.1. The summed E-state index contributed by atoms with van der Waals surface area (Å²) in [6.07, 6.45) is 16.5. The van der Waals surface area contributed by atoms with Crippen molar-refractivity contribution in [3.63, 3.8) is 0 Å². The molecule has 0 aliphatic carbocycles. The van der Waals surface area contributed by atoms with E-state index in [1.54, 1.807) is 18.2 Å². The van der Waals surface area contributed by atoms with Gasteiger partial charge >= 0.3 is 79.9 Å². The zero-order valence-electron chi connectivity index (χ0n) is 18.7. The van der Waals surface area contributed by atoms with Crippen molar-refractivity contribution in [3.8, 4) is 5.75 Å². The second-order valence-electron chi connectivity index (χ2n) is 7.70. The quantitative estimate of drug-likeness (QED) is 0.178. The molecule has 1 aromatic rings. The van der Waals surface area contributed by atoms with Crippen LogP contribution in [0.1, 0.15) is 96.8 Å². The number of benzene rings is 1. The molecule has 0 fully saturated rings. The number of hydrogen-bond donors (Lipinski definition) is 0. The minimum absolute atomic E-state index is 0. The van der Waals surface area contributed by atoms with Crippen LogP contribution < -0.4 is 4.18 Å². The molecule has 0 bridgehead atoms. The number of unbranched alkanes of at least 4 members (excludes halogenated alkanes) is 13. The Morgan fingerprint density at radius 3 is 1.48 bits per heavy atom. The van der Waals surface area contributed by atoms with Gasteiger partial charge in [-0.3, -0.25) is 0 Å². The monoisotopic (exact) mass is 526 g/mol. The topological polar surface area (TPSA) is 96.0 Å². The summed E-state index contributed by atoms with van der Waals surface area (Å²) in [6, 6.07) is 7.49. The molecule has 0 aliphatic heterocycles. The summed E-state index contributed by atoms with van der Waals surface area (Å²) in [6.45, 7) is 2.11. The van der Waals surface area contributed by atoms with Crippen LogP contribution in [0.3, 0.4) is 0 Å². The molecule has 1 rings (SSSR count). The van der Waals surface area contributed by atoms with Gasteiger partial charge in [-0.2, -0.15) is 16.8 Å². The zero-order valence-corrected chi connectivity index (χ0v) is 20.3. The van der Waals surface area contributed by atoms with E-state index in [-0.39, 0.29) is 71.5 Å². The Balaban J connectivity index is 0. The summed E-state index contributed by atoms with van der Waals surface area (Å²) >= 11 is 0. The summed E-state index contributed by atoms with van der Waals surface area (Å²) in [5, 5.41) is 0. The van der Waals surface area contributed by atoms with Crippen LogP contribution in [0.25, 0.3) is 0 Å². The normalized spacial score (nSPS) is 11.4. The molecule has 184 valence electrons. The predicted molar refractivity (Wildman–Crippen MR) is 137 cm³/mol. The van der Waals surface area contributed by atoms with Gasteiger partial charge in [-0.25, -0.2) is 4.18 Å². The van der Waals surface area contributed by atoms with Crippen LogP contribution in [0, 0.1) is 0 Å². The third-order valence-electron chi connectivity index (χ3n) is 4.83. The van der Waals surface area contributed by atoms with E-state index < -0.39 is 20.8 Å². The third-order valence-corrected chi connectivity index (χ3v) is 7.02. The Bertz CT molecular complexity index is 773. The van der Waals surface area contributed by atoms with Crippen molar-refractivity contribution in [2.24, 2.45) is 0 Å². The van der Waals surface area contributed by atoms with E-state index in [2.05, 4.69) is 18.9 Å². The van der Waals surface area contributed by atoms with Gasteiger partial charge in [-0.05, 0) is 18.6 Å². The molecular formula is C22H40Na2O7S2. The van der Waals surface area contributed by atoms with Gasteiger partial charge in [0.1, 0.15) is 5.75 Å². The van der Waals surface area contributed by atoms with Gasteiger partial charge in [-0.15, -0.1) is 0 Å². The van der Waals surface area contributed by atoms with Crippen molar-refractivity contribution < 1.29 is 28.8 Å². The van der Waals surface area contributed by atoms with Crippen molar-refractivity contribution in [3.05, 3.63) is 30.3 Å². The van der Waals surface area contributed by atoms with Crippen LogP contribution in [0.15, 0.2) is 30.3 Å². The van der Waals surface area contributed by atoms with Gasteiger partial charge < -0.3 is 4.18 Å². The van der Waals surface area contributed by atoms with Gasteiger partial charge in [0, 0.05) is 0 Å². The van der Waals surface area contributed by atoms with Gasteiger partial charge in [0.15, 0.2) is 0 Å². The fourth-order valence-electron chi connectivity index (χ4n) is 3.19. The first-order valence-corrected chi connectivity index (χ1v) is 14.1. The molecule has 0 heterocycles. The third kappa shape index (κ3) is 21.8. The Morgan fingerprint density at radius 1 is 0.606 bits per heavy atom. The average Bonchev–Trinajstić information content (AvgIpc) is 2.70. The molecule has 0 amide bonds. The van der Waals surface area contributed by atoms with Crippen LogP contribution in [-0.4, -0.2) is 82.6 Å².